The van der Waals surface area contributed by atoms with E-state index in [0.29, 0.717) is 4.47 Å². The zero-order valence-corrected chi connectivity index (χ0v) is 12.1. The van der Waals surface area contributed by atoms with Crippen LogP contribution in [-0.2, 0) is 10.0 Å². The summed E-state index contributed by atoms with van der Waals surface area (Å²) in [6.07, 6.45) is 0.163. The van der Waals surface area contributed by atoms with Crippen molar-refractivity contribution in [2.45, 2.75) is 11.3 Å². The summed E-state index contributed by atoms with van der Waals surface area (Å²) in [7, 11) is -2.14. The second kappa shape index (κ2) is 6.17. The van der Waals surface area contributed by atoms with E-state index < -0.39 is 10.0 Å². The van der Waals surface area contributed by atoms with Crippen molar-refractivity contribution in [3.63, 3.8) is 0 Å². The number of sulfonamides is 1. The van der Waals surface area contributed by atoms with Crippen molar-refractivity contribution < 1.29 is 13.6 Å². The lowest BCUT2D eigenvalue weighted by Gasteiger charge is -2.17. The molecule has 0 aliphatic carbocycles. The Balaban J connectivity index is 2.91. The summed E-state index contributed by atoms with van der Waals surface area (Å²) >= 11 is 3.20. The number of hydrogen-bond acceptors (Lipinski definition) is 4. The Bertz CT molecular complexity index is 545. The molecule has 1 rings (SSSR count). The maximum Gasteiger partial charge on any atom is 0.243 e. The fourth-order valence-corrected chi connectivity index (χ4v) is 3.39. The third-order valence-corrected chi connectivity index (χ3v) is 5.21. The van der Waals surface area contributed by atoms with Gasteiger partial charge < -0.3 is 10.9 Å². The van der Waals surface area contributed by atoms with Crippen LogP contribution in [0.4, 0.5) is 0 Å². The number of hydrogen-bond donors (Lipinski definition) is 2. The van der Waals surface area contributed by atoms with Crippen molar-refractivity contribution in [1.29, 1.82) is 0 Å². The number of amidine groups is 1. The maximum atomic E-state index is 12.2. The molecule has 0 heterocycles. The third-order valence-electron chi connectivity index (χ3n) is 2.34. The molecule has 18 heavy (non-hydrogen) atoms. The van der Waals surface area contributed by atoms with Crippen molar-refractivity contribution in [2.24, 2.45) is 10.9 Å². The maximum absolute atomic E-state index is 12.2. The molecule has 0 spiro atoms. The molecule has 0 aromatic heterocycles. The molecule has 0 bridgehead atoms. The first-order chi connectivity index (χ1) is 8.39. The summed E-state index contributed by atoms with van der Waals surface area (Å²) < 4.78 is 26.1. The molecule has 0 saturated carbocycles. The number of rotatable bonds is 5. The van der Waals surface area contributed by atoms with Crippen LogP contribution in [0.3, 0.4) is 0 Å². The van der Waals surface area contributed by atoms with Gasteiger partial charge in [0.25, 0.3) is 0 Å². The highest BCUT2D eigenvalue weighted by Crippen LogP contribution is 2.23. The van der Waals surface area contributed by atoms with Crippen LogP contribution in [0, 0.1) is 0 Å². The van der Waals surface area contributed by atoms with E-state index in [1.807, 2.05) is 0 Å². The Morgan fingerprint density at radius 2 is 2.11 bits per heavy atom. The average molecular weight is 336 g/mol. The molecule has 0 aliphatic rings. The van der Waals surface area contributed by atoms with Crippen molar-refractivity contribution in [2.75, 3.05) is 13.6 Å². The summed E-state index contributed by atoms with van der Waals surface area (Å²) in [6.45, 7) is 0.138. The van der Waals surface area contributed by atoms with Crippen LogP contribution >= 0.6 is 15.9 Å². The van der Waals surface area contributed by atoms with E-state index >= 15 is 0 Å². The highest BCUT2D eigenvalue weighted by atomic mass is 79.9. The zero-order chi connectivity index (χ0) is 13.8. The van der Waals surface area contributed by atoms with Gasteiger partial charge in [0.05, 0.1) is 4.90 Å². The molecule has 0 fully saturated rings. The van der Waals surface area contributed by atoms with Gasteiger partial charge in [-0.2, -0.15) is 0 Å². The topological polar surface area (TPSA) is 96.0 Å². The first-order valence-corrected chi connectivity index (χ1v) is 7.30. The van der Waals surface area contributed by atoms with Gasteiger partial charge in [-0.25, -0.2) is 12.7 Å². The number of halogens is 1. The first kappa shape index (κ1) is 14.9. The quantitative estimate of drug-likeness (QED) is 0.366. The molecule has 6 nitrogen and oxygen atoms in total. The summed E-state index contributed by atoms with van der Waals surface area (Å²) in [5.41, 5.74) is 5.30. The molecule has 0 aliphatic heterocycles. The normalized spacial score (nSPS) is 12.9. The van der Waals surface area contributed by atoms with Crippen LogP contribution < -0.4 is 5.73 Å². The van der Waals surface area contributed by atoms with E-state index in [2.05, 4.69) is 21.1 Å². The van der Waals surface area contributed by atoms with Crippen molar-refractivity contribution in [3.8, 4) is 0 Å². The van der Waals surface area contributed by atoms with Crippen molar-refractivity contribution in [1.82, 2.24) is 4.31 Å². The van der Waals surface area contributed by atoms with E-state index in [0.717, 1.165) is 4.31 Å². The fraction of sp³-hybridized carbons (Fsp3) is 0.300. The largest absolute Gasteiger partial charge is 0.409 e. The van der Waals surface area contributed by atoms with Gasteiger partial charge in [-0.1, -0.05) is 17.3 Å². The average Bonchev–Trinajstić information content (AvgIpc) is 2.35. The Kier molecular flexibility index (Phi) is 5.12. The van der Waals surface area contributed by atoms with Crippen LogP contribution in [0.15, 0.2) is 38.8 Å². The number of nitrogens with zero attached hydrogens (tertiary/aromatic N) is 2. The molecule has 100 valence electrons. The smallest absolute Gasteiger partial charge is 0.243 e. The summed E-state index contributed by atoms with van der Waals surface area (Å²) in [5, 5.41) is 11.2. The molecule has 0 radical (unpaired) electrons. The minimum atomic E-state index is -3.58. The molecule has 3 N–H and O–H groups in total. The Morgan fingerprint density at radius 3 is 2.67 bits per heavy atom. The van der Waals surface area contributed by atoms with Gasteiger partial charge in [0, 0.05) is 24.5 Å². The van der Waals surface area contributed by atoms with Crippen molar-refractivity contribution >= 4 is 31.8 Å². The van der Waals surface area contributed by atoms with Crippen LogP contribution in [0.1, 0.15) is 6.42 Å². The molecule has 1 aromatic rings. The number of nitrogens with two attached hydrogens (primary N) is 1. The Morgan fingerprint density at radius 1 is 1.50 bits per heavy atom. The van der Waals surface area contributed by atoms with Gasteiger partial charge in [-0.05, 0) is 28.1 Å². The Labute approximate surface area is 114 Å². The lowest BCUT2D eigenvalue weighted by Crippen LogP contribution is -2.30. The molecular formula is C10H14BrN3O3S. The molecule has 0 unspecified atom stereocenters. The molecule has 0 amide bonds. The molecular weight excluding hydrogens is 322 g/mol. The number of benzene rings is 1. The second-order valence-corrected chi connectivity index (χ2v) is 6.47. The van der Waals surface area contributed by atoms with Gasteiger partial charge in [0.1, 0.15) is 5.84 Å². The molecule has 0 saturated heterocycles. The van der Waals surface area contributed by atoms with E-state index in [1.165, 1.54) is 13.1 Å². The van der Waals surface area contributed by atoms with Gasteiger partial charge in [0.15, 0.2) is 0 Å². The third kappa shape index (κ3) is 3.44. The van der Waals surface area contributed by atoms with Crippen LogP contribution in [-0.4, -0.2) is 37.4 Å². The van der Waals surface area contributed by atoms with E-state index in [1.54, 1.807) is 18.2 Å². The second-order valence-electron chi connectivity index (χ2n) is 3.60. The van der Waals surface area contributed by atoms with Crippen LogP contribution in [0.2, 0.25) is 0 Å². The lowest BCUT2D eigenvalue weighted by molar-refractivity contribution is 0.316. The predicted octanol–water partition coefficient (Wildman–Crippen LogP) is 1.21. The van der Waals surface area contributed by atoms with E-state index in [9.17, 15) is 8.42 Å². The minimum Gasteiger partial charge on any atom is -0.409 e. The highest BCUT2D eigenvalue weighted by Gasteiger charge is 2.22. The summed E-state index contributed by atoms with van der Waals surface area (Å²) in [5.74, 6) is -0.0100. The SMILES string of the molecule is CN(CC/C(N)=N/O)S(=O)(=O)c1ccccc1Br. The minimum absolute atomic E-state index is 0.0100. The molecule has 8 heteroatoms. The molecule has 0 atom stereocenters. The first-order valence-electron chi connectivity index (χ1n) is 5.07. The van der Waals surface area contributed by atoms with Crippen molar-refractivity contribution in [3.05, 3.63) is 28.7 Å². The van der Waals surface area contributed by atoms with Gasteiger partial charge in [-0.3, -0.25) is 0 Å². The monoisotopic (exact) mass is 335 g/mol. The van der Waals surface area contributed by atoms with Crippen LogP contribution in [0.25, 0.3) is 0 Å². The van der Waals surface area contributed by atoms with Crippen LogP contribution in [0.5, 0.6) is 0 Å². The lowest BCUT2D eigenvalue weighted by atomic mass is 10.4. The van der Waals surface area contributed by atoms with Gasteiger partial charge >= 0.3 is 0 Å². The fourth-order valence-electron chi connectivity index (χ4n) is 1.26. The van der Waals surface area contributed by atoms with E-state index in [4.69, 9.17) is 10.9 Å². The predicted molar refractivity (Wildman–Crippen MR) is 72.0 cm³/mol. The number of oxime groups is 1. The van der Waals surface area contributed by atoms with Gasteiger partial charge in [-0.15, -0.1) is 0 Å². The van der Waals surface area contributed by atoms with E-state index in [-0.39, 0.29) is 23.7 Å². The Hall–Kier alpha value is -1.12. The molecule has 1 aromatic carbocycles. The standard InChI is InChI=1S/C10H14BrN3O3S/c1-14(7-6-10(12)13-15)18(16,17)9-5-3-2-4-8(9)11/h2-5,15H,6-7H2,1H3,(H2,12,13). The van der Waals surface area contributed by atoms with Gasteiger partial charge in [0.2, 0.25) is 10.0 Å². The summed E-state index contributed by atoms with van der Waals surface area (Å²) in [4.78, 5) is 0.187. The summed E-state index contributed by atoms with van der Waals surface area (Å²) in [6, 6.07) is 6.55. The zero-order valence-electron chi connectivity index (χ0n) is 9.75. The highest BCUT2D eigenvalue weighted by molar-refractivity contribution is 9.10.